The maximum Gasteiger partial charge on any atom is -1.00 e. The van der Waals surface area contributed by atoms with Gasteiger partial charge in [-0.05, 0) is 10.8 Å². The van der Waals surface area contributed by atoms with Crippen LogP contribution in [0.3, 0.4) is 0 Å². The van der Waals surface area contributed by atoms with E-state index in [1.807, 2.05) is 11.8 Å². The van der Waals surface area contributed by atoms with Crippen molar-refractivity contribution >= 4 is 15.0 Å². The Hall–Kier alpha value is 0.903. The largest absolute Gasteiger partial charge is 1.00 e. The SMILES string of the molecule is CC(C)C1=CC2C=CC=C2S1.C[C](C)=[Zr+2].[Cl-].[Cl-]. The van der Waals surface area contributed by atoms with Crippen molar-refractivity contribution in [3.8, 4) is 0 Å². The third kappa shape index (κ3) is 7.16. The maximum absolute atomic E-state index is 2.38. The van der Waals surface area contributed by atoms with Gasteiger partial charge in [0, 0.05) is 10.8 Å². The summed E-state index contributed by atoms with van der Waals surface area (Å²) in [7, 11) is 0. The minimum absolute atomic E-state index is 0. The molecular weight excluding hydrogens is 350 g/mol. The van der Waals surface area contributed by atoms with Gasteiger partial charge in [-0.1, -0.05) is 49.9 Å². The molecule has 1 atom stereocenters. The minimum atomic E-state index is 0. The predicted molar refractivity (Wildman–Crippen MR) is 67.6 cm³/mol. The van der Waals surface area contributed by atoms with E-state index in [1.54, 1.807) is 24.2 Å². The van der Waals surface area contributed by atoms with Crippen LogP contribution in [0.4, 0.5) is 0 Å². The third-order valence-corrected chi connectivity index (χ3v) is 3.54. The molecule has 1 unspecified atom stereocenters. The average Bonchev–Trinajstić information content (AvgIpc) is 2.58. The van der Waals surface area contributed by atoms with Crippen LogP contribution < -0.4 is 24.8 Å². The standard InChI is InChI=1S/C10H12S.C3H6.2ClH.Zr/c1-7(2)10-6-8-4-3-5-9(8)11-10;1-3-2;;;/h3-8H,1-2H3;1-2H3;2*1H;/q;;;;+2/p-2. The first-order chi connectivity index (χ1) is 7.00. The molecule has 94 valence electrons. The van der Waals surface area contributed by atoms with Crippen LogP contribution in [0, 0.1) is 11.8 Å². The summed E-state index contributed by atoms with van der Waals surface area (Å²) in [5, 5.41) is 0. The monoisotopic (exact) mass is 366 g/mol. The fraction of sp³-hybridized carbons (Fsp3) is 0.462. The van der Waals surface area contributed by atoms with Gasteiger partial charge in [0.1, 0.15) is 0 Å². The molecule has 0 radical (unpaired) electrons. The molecule has 2 rings (SSSR count). The number of fused-ring (bicyclic) bond motifs is 1. The van der Waals surface area contributed by atoms with Crippen molar-refractivity contribution in [3.63, 3.8) is 0 Å². The van der Waals surface area contributed by atoms with Crippen LogP contribution >= 0.6 is 11.8 Å². The van der Waals surface area contributed by atoms with Crippen LogP contribution in [0.5, 0.6) is 0 Å². The zero-order chi connectivity index (χ0) is 11.4. The number of halogens is 2. The van der Waals surface area contributed by atoms with E-state index in [9.17, 15) is 0 Å². The summed E-state index contributed by atoms with van der Waals surface area (Å²) in [5.41, 5.74) is 0. The van der Waals surface area contributed by atoms with Crippen molar-refractivity contribution in [2.75, 3.05) is 0 Å². The Morgan fingerprint density at radius 3 is 2.24 bits per heavy atom. The molecule has 2 aliphatic rings. The van der Waals surface area contributed by atoms with Crippen LogP contribution in [-0.2, 0) is 24.2 Å². The van der Waals surface area contributed by atoms with Gasteiger partial charge < -0.3 is 24.8 Å². The molecule has 17 heavy (non-hydrogen) atoms. The predicted octanol–water partition coefficient (Wildman–Crippen LogP) is -1.90. The maximum atomic E-state index is 2.38. The van der Waals surface area contributed by atoms with Gasteiger partial charge in [0.15, 0.2) is 0 Å². The molecule has 0 amide bonds. The van der Waals surface area contributed by atoms with E-state index in [0.29, 0.717) is 11.8 Å². The normalized spacial score (nSPS) is 19.4. The third-order valence-electron chi connectivity index (χ3n) is 2.06. The summed E-state index contributed by atoms with van der Waals surface area (Å²) < 4.78 is 1.51. The number of hydrogen-bond donors (Lipinski definition) is 0. The zero-order valence-corrected chi connectivity index (χ0v) is 15.4. The molecule has 0 aromatic rings. The Labute approximate surface area is 137 Å². The summed E-state index contributed by atoms with van der Waals surface area (Å²) in [4.78, 5) is 3.04. The molecule has 0 N–H and O–H groups in total. The van der Waals surface area contributed by atoms with Crippen LogP contribution in [0.25, 0.3) is 0 Å². The van der Waals surface area contributed by atoms with Crippen molar-refractivity contribution < 1.29 is 49.0 Å². The molecule has 0 nitrogen and oxygen atoms in total. The van der Waals surface area contributed by atoms with Gasteiger partial charge in [0.05, 0.1) is 0 Å². The first-order valence-electron chi connectivity index (χ1n) is 5.30. The molecule has 0 bridgehead atoms. The molecule has 0 spiro atoms. The van der Waals surface area contributed by atoms with Crippen molar-refractivity contribution in [1.82, 2.24) is 0 Å². The van der Waals surface area contributed by atoms with Gasteiger partial charge in [-0.2, -0.15) is 0 Å². The molecule has 0 saturated carbocycles. The van der Waals surface area contributed by atoms with E-state index in [-0.39, 0.29) is 24.8 Å². The van der Waals surface area contributed by atoms with Crippen LogP contribution in [0.1, 0.15) is 27.7 Å². The Bertz CT molecular complexity index is 339. The van der Waals surface area contributed by atoms with E-state index < -0.39 is 0 Å². The topological polar surface area (TPSA) is 0 Å². The van der Waals surface area contributed by atoms with Gasteiger partial charge in [0.2, 0.25) is 0 Å². The number of rotatable bonds is 1. The molecular formula is C13H18Cl2SZr. The summed E-state index contributed by atoms with van der Waals surface area (Å²) in [6, 6.07) is 0. The fourth-order valence-corrected chi connectivity index (χ4v) is 2.52. The van der Waals surface area contributed by atoms with E-state index in [0.717, 1.165) is 0 Å². The number of thioether (sulfide) groups is 1. The van der Waals surface area contributed by atoms with Gasteiger partial charge in [-0.15, -0.1) is 0 Å². The Kier molecular flexibility index (Phi) is 11.6. The number of hydrogen-bond acceptors (Lipinski definition) is 1. The van der Waals surface area contributed by atoms with E-state index >= 15 is 0 Å². The first kappa shape index (κ1) is 20.2. The minimum Gasteiger partial charge on any atom is -1.00 e. The van der Waals surface area contributed by atoms with Crippen LogP contribution in [0.15, 0.2) is 34.1 Å². The van der Waals surface area contributed by atoms with Crippen molar-refractivity contribution in [3.05, 3.63) is 34.1 Å². The Balaban J connectivity index is 0. The molecule has 0 fully saturated rings. The summed E-state index contributed by atoms with van der Waals surface area (Å²) in [6.45, 7) is 8.75. The van der Waals surface area contributed by atoms with E-state index in [1.165, 1.54) is 13.0 Å². The summed E-state index contributed by atoms with van der Waals surface area (Å²) in [6.07, 6.45) is 9.02. The average molecular weight is 368 g/mol. The van der Waals surface area contributed by atoms with E-state index in [2.05, 4.69) is 52.0 Å². The zero-order valence-electron chi connectivity index (χ0n) is 10.6. The quantitative estimate of drug-likeness (QED) is 0.521. The van der Waals surface area contributed by atoms with Gasteiger partial charge in [-0.25, -0.2) is 0 Å². The Morgan fingerprint density at radius 1 is 1.29 bits per heavy atom. The van der Waals surface area contributed by atoms with Crippen LogP contribution in [0.2, 0.25) is 0 Å². The molecule has 1 heterocycles. The second kappa shape index (κ2) is 9.78. The van der Waals surface area contributed by atoms with Crippen molar-refractivity contribution in [1.29, 1.82) is 0 Å². The Morgan fingerprint density at radius 2 is 1.82 bits per heavy atom. The first-order valence-corrected chi connectivity index (χ1v) is 7.35. The second-order valence-electron chi connectivity index (χ2n) is 4.31. The van der Waals surface area contributed by atoms with Crippen LogP contribution in [-0.4, -0.2) is 3.21 Å². The van der Waals surface area contributed by atoms with Gasteiger partial charge in [0.25, 0.3) is 0 Å². The fourth-order valence-electron chi connectivity index (χ4n) is 1.37. The molecule has 4 heteroatoms. The molecule has 0 saturated heterocycles. The van der Waals surface area contributed by atoms with Gasteiger partial charge >= 0.3 is 41.3 Å². The molecule has 0 aromatic carbocycles. The molecule has 1 aliphatic carbocycles. The molecule has 1 aliphatic heterocycles. The summed E-state index contributed by atoms with van der Waals surface area (Å²) >= 11 is 3.50. The van der Waals surface area contributed by atoms with Crippen molar-refractivity contribution in [2.24, 2.45) is 11.8 Å². The smallest absolute Gasteiger partial charge is 1.00 e. The molecule has 0 aromatic heterocycles. The van der Waals surface area contributed by atoms with E-state index in [4.69, 9.17) is 0 Å². The van der Waals surface area contributed by atoms with Crippen molar-refractivity contribution in [2.45, 2.75) is 27.7 Å². The second-order valence-corrected chi connectivity index (χ2v) is 7.91. The number of allylic oxidation sites excluding steroid dienone is 6. The summed E-state index contributed by atoms with van der Waals surface area (Å²) in [5.74, 6) is 1.32. The van der Waals surface area contributed by atoms with Gasteiger partial charge in [-0.3, -0.25) is 0 Å².